The maximum absolute atomic E-state index is 13.0. The van der Waals surface area contributed by atoms with E-state index in [0.717, 1.165) is 12.1 Å². The number of likely N-dealkylation sites (N-methyl/N-ethyl adjacent to an activating group) is 1. The lowest BCUT2D eigenvalue weighted by Crippen LogP contribution is -2.34. The van der Waals surface area contributed by atoms with Gasteiger partial charge in [0.2, 0.25) is 10.0 Å². The molecule has 108 valence electrons. The Hall–Kier alpha value is -0.500. The zero-order valence-electron chi connectivity index (χ0n) is 10.9. The van der Waals surface area contributed by atoms with Gasteiger partial charge in [-0.25, -0.2) is 12.8 Å². The van der Waals surface area contributed by atoms with E-state index in [2.05, 4.69) is 15.9 Å². The van der Waals surface area contributed by atoms with Crippen LogP contribution in [-0.4, -0.2) is 39.0 Å². The van der Waals surface area contributed by atoms with E-state index < -0.39 is 15.8 Å². The van der Waals surface area contributed by atoms with Crippen LogP contribution in [0.1, 0.15) is 13.8 Å². The molecule has 0 saturated carbocycles. The summed E-state index contributed by atoms with van der Waals surface area (Å²) in [5.74, 6) is -0.483. The molecule has 1 aromatic carbocycles. The smallest absolute Gasteiger partial charge is 0.244 e. The van der Waals surface area contributed by atoms with E-state index in [9.17, 15) is 12.8 Å². The van der Waals surface area contributed by atoms with Gasteiger partial charge in [-0.2, -0.15) is 4.31 Å². The summed E-state index contributed by atoms with van der Waals surface area (Å²) >= 11 is 3.09. The van der Waals surface area contributed by atoms with E-state index in [1.54, 1.807) is 6.92 Å². The van der Waals surface area contributed by atoms with Gasteiger partial charge in [0.05, 0.1) is 11.5 Å². The molecule has 0 fully saturated rings. The number of sulfonamides is 1. The predicted molar refractivity (Wildman–Crippen MR) is 75.0 cm³/mol. The second-order valence-electron chi connectivity index (χ2n) is 3.77. The Morgan fingerprint density at radius 3 is 2.58 bits per heavy atom. The fourth-order valence-electron chi connectivity index (χ4n) is 1.58. The van der Waals surface area contributed by atoms with Crippen LogP contribution < -0.4 is 0 Å². The fourth-order valence-corrected chi connectivity index (χ4v) is 4.03. The van der Waals surface area contributed by atoms with Crippen molar-refractivity contribution in [1.82, 2.24) is 4.31 Å². The van der Waals surface area contributed by atoms with Crippen molar-refractivity contribution in [2.45, 2.75) is 18.7 Å². The minimum atomic E-state index is -3.64. The highest BCUT2D eigenvalue weighted by Crippen LogP contribution is 2.25. The Labute approximate surface area is 121 Å². The van der Waals surface area contributed by atoms with Gasteiger partial charge in [-0.15, -0.1) is 0 Å². The summed E-state index contributed by atoms with van der Waals surface area (Å²) in [6, 6.07) is 3.54. The Bertz CT molecular complexity index is 522. The number of halogens is 2. The van der Waals surface area contributed by atoms with Gasteiger partial charge < -0.3 is 4.74 Å². The van der Waals surface area contributed by atoms with Crippen LogP contribution in [0.25, 0.3) is 0 Å². The minimum Gasteiger partial charge on any atom is -0.380 e. The summed E-state index contributed by atoms with van der Waals surface area (Å²) in [6.45, 7) is 5.08. The van der Waals surface area contributed by atoms with Crippen molar-refractivity contribution in [1.29, 1.82) is 0 Å². The zero-order chi connectivity index (χ0) is 14.5. The van der Waals surface area contributed by atoms with Gasteiger partial charge in [0.15, 0.2) is 0 Å². The van der Waals surface area contributed by atoms with Crippen molar-refractivity contribution in [3.05, 3.63) is 28.5 Å². The van der Waals surface area contributed by atoms with Gasteiger partial charge in [-0.1, -0.05) is 6.92 Å². The molecule has 1 rings (SSSR count). The Morgan fingerprint density at radius 2 is 2.05 bits per heavy atom. The SMILES string of the molecule is CCOCCN(CC)S(=O)(=O)c1ccc(F)cc1Br. The highest BCUT2D eigenvalue weighted by Gasteiger charge is 2.25. The number of nitrogens with zero attached hydrogens (tertiary/aromatic N) is 1. The standard InChI is InChI=1S/C12H17BrFNO3S/c1-3-15(7-8-18-4-2)19(16,17)12-6-5-10(14)9-11(12)13/h5-6,9H,3-4,7-8H2,1-2H3. The van der Waals surface area contributed by atoms with E-state index in [0.29, 0.717) is 19.8 Å². The number of ether oxygens (including phenoxy) is 1. The normalized spacial score (nSPS) is 12.1. The lowest BCUT2D eigenvalue weighted by Gasteiger charge is -2.21. The molecule has 0 heterocycles. The van der Waals surface area contributed by atoms with Gasteiger partial charge in [0.1, 0.15) is 5.82 Å². The number of rotatable bonds is 7. The van der Waals surface area contributed by atoms with Crippen molar-refractivity contribution in [3.8, 4) is 0 Å². The van der Waals surface area contributed by atoms with Crippen LogP contribution in [0.15, 0.2) is 27.6 Å². The van der Waals surface area contributed by atoms with E-state index in [1.807, 2.05) is 6.92 Å². The molecule has 0 spiro atoms. The molecular formula is C12H17BrFNO3S. The topological polar surface area (TPSA) is 46.6 Å². The molecule has 0 aromatic heterocycles. The number of hydrogen-bond donors (Lipinski definition) is 0. The van der Waals surface area contributed by atoms with Crippen LogP contribution in [-0.2, 0) is 14.8 Å². The molecule has 0 atom stereocenters. The third kappa shape index (κ3) is 4.24. The lowest BCUT2D eigenvalue weighted by atomic mass is 10.3. The first kappa shape index (κ1) is 16.6. The molecule has 0 aliphatic rings. The Balaban J connectivity index is 2.99. The lowest BCUT2D eigenvalue weighted by molar-refractivity contribution is 0.135. The van der Waals surface area contributed by atoms with Crippen LogP contribution >= 0.6 is 15.9 Å². The Kier molecular flexibility index (Phi) is 6.38. The molecule has 0 saturated heterocycles. The average Bonchev–Trinajstić information content (AvgIpc) is 2.33. The van der Waals surface area contributed by atoms with E-state index in [1.165, 1.54) is 10.4 Å². The summed E-state index contributed by atoms with van der Waals surface area (Å²) < 4.78 is 44.5. The van der Waals surface area contributed by atoms with Gasteiger partial charge >= 0.3 is 0 Å². The third-order valence-electron chi connectivity index (χ3n) is 2.55. The van der Waals surface area contributed by atoms with Gasteiger partial charge in [-0.05, 0) is 41.1 Å². The number of hydrogen-bond acceptors (Lipinski definition) is 3. The molecule has 0 amide bonds. The average molecular weight is 354 g/mol. The summed E-state index contributed by atoms with van der Waals surface area (Å²) in [5, 5.41) is 0. The largest absolute Gasteiger partial charge is 0.380 e. The van der Waals surface area contributed by atoms with E-state index >= 15 is 0 Å². The monoisotopic (exact) mass is 353 g/mol. The summed E-state index contributed by atoms with van der Waals surface area (Å²) in [5.41, 5.74) is 0. The second kappa shape index (κ2) is 7.33. The Morgan fingerprint density at radius 1 is 1.37 bits per heavy atom. The van der Waals surface area contributed by atoms with Crippen LogP contribution in [0.5, 0.6) is 0 Å². The van der Waals surface area contributed by atoms with Crippen molar-refractivity contribution in [2.75, 3.05) is 26.3 Å². The first-order valence-corrected chi connectivity index (χ1v) is 8.19. The maximum Gasteiger partial charge on any atom is 0.244 e. The van der Waals surface area contributed by atoms with Crippen molar-refractivity contribution >= 4 is 26.0 Å². The highest BCUT2D eigenvalue weighted by atomic mass is 79.9. The molecule has 0 aliphatic heterocycles. The van der Waals surface area contributed by atoms with Crippen LogP contribution in [0.4, 0.5) is 4.39 Å². The summed E-state index contributed by atoms with van der Waals surface area (Å²) in [7, 11) is -3.64. The van der Waals surface area contributed by atoms with Crippen LogP contribution in [0.3, 0.4) is 0 Å². The predicted octanol–water partition coefficient (Wildman–Crippen LogP) is 2.64. The molecular weight excluding hydrogens is 337 g/mol. The van der Waals surface area contributed by atoms with Gasteiger partial charge in [0, 0.05) is 24.2 Å². The number of benzene rings is 1. The van der Waals surface area contributed by atoms with E-state index in [4.69, 9.17) is 4.74 Å². The van der Waals surface area contributed by atoms with Crippen molar-refractivity contribution < 1.29 is 17.5 Å². The molecule has 0 unspecified atom stereocenters. The second-order valence-corrected chi connectivity index (χ2v) is 6.53. The molecule has 0 aliphatic carbocycles. The molecule has 0 radical (unpaired) electrons. The molecule has 4 nitrogen and oxygen atoms in total. The fraction of sp³-hybridized carbons (Fsp3) is 0.500. The van der Waals surface area contributed by atoms with Crippen molar-refractivity contribution in [2.24, 2.45) is 0 Å². The maximum atomic E-state index is 13.0. The van der Waals surface area contributed by atoms with Crippen molar-refractivity contribution in [3.63, 3.8) is 0 Å². The quantitative estimate of drug-likeness (QED) is 0.708. The minimum absolute atomic E-state index is 0.0623. The highest BCUT2D eigenvalue weighted by molar-refractivity contribution is 9.10. The van der Waals surface area contributed by atoms with Gasteiger partial charge in [0.25, 0.3) is 0 Å². The molecule has 0 bridgehead atoms. The molecule has 1 aromatic rings. The van der Waals surface area contributed by atoms with E-state index in [-0.39, 0.29) is 15.9 Å². The van der Waals surface area contributed by atoms with Gasteiger partial charge in [-0.3, -0.25) is 0 Å². The molecule has 0 N–H and O–H groups in total. The molecule has 19 heavy (non-hydrogen) atoms. The summed E-state index contributed by atoms with van der Waals surface area (Å²) in [4.78, 5) is 0.0623. The molecule has 7 heteroatoms. The van der Waals surface area contributed by atoms with Crippen LogP contribution in [0.2, 0.25) is 0 Å². The van der Waals surface area contributed by atoms with Crippen LogP contribution in [0, 0.1) is 5.82 Å². The third-order valence-corrected chi connectivity index (χ3v) is 5.50. The first-order valence-electron chi connectivity index (χ1n) is 5.96. The first-order chi connectivity index (χ1) is 8.93. The summed E-state index contributed by atoms with van der Waals surface area (Å²) in [6.07, 6.45) is 0. The zero-order valence-corrected chi connectivity index (χ0v) is 13.3.